The maximum atomic E-state index is 13.3. The summed E-state index contributed by atoms with van der Waals surface area (Å²) < 4.78 is 6.14. The number of rotatable bonds is 5. The average molecular weight is 454 g/mol. The normalized spacial score (nSPS) is 21.5. The van der Waals surface area contributed by atoms with Gasteiger partial charge in [0.2, 0.25) is 0 Å². The summed E-state index contributed by atoms with van der Waals surface area (Å²) in [4.78, 5) is 19.7. The van der Waals surface area contributed by atoms with Gasteiger partial charge in [-0.3, -0.25) is 4.79 Å². The average Bonchev–Trinajstić information content (AvgIpc) is 3.46. The van der Waals surface area contributed by atoms with Gasteiger partial charge in [-0.1, -0.05) is 11.6 Å². The van der Waals surface area contributed by atoms with E-state index in [9.17, 15) is 4.79 Å². The number of carbonyl (C=O) groups excluding carboxylic acids is 1. The van der Waals surface area contributed by atoms with Gasteiger partial charge in [0.25, 0.3) is 5.91 Å². The number of anilines is 2. The van der Waals surface area contributed by atoms with Gasteiger partial charge in [-0.25, -0.2) is 0 Å². The molecule has 32 heavy (non-hydrogen) atoms. The molecule has 1 saturated heterocycles. The van der Waals surface area contributed by atoms with Gasteiger partial charge in [-0.05, 0) is 94.6 Å². The van der Waals surface area contributed by atoms with E-state index in [-0.39, 0.29) is 5.91 Å². The number of halogens is 1. The molecule has 5 rings (SSSR count). The summed E-state index contributed by atoms with van der Waals surface area (Å²) in [5, 5.41) is 0.709. The lowest BCUT2D eigenvalue weighted by Gasteiger charge is -2.30. The second-order valence-corrected chi connectivity index (χ2v) is 9.95. The monoisotopic (exact) mass is 453 g/mol. The van der Waals surface area contributed by atoms with Crippen molar-refractivity contribution in [2.75, 3.05) is 43.5 Å². The summed E-state index contributed by atoms with van der Waals surface area (Å²) in [6.45, 7) is 2.64. The molecule has 2 aromatic carbocycles. The molecule has 2 aromatic rings. The Morgan fingerprint density at radius 1 is 1.03 bits per heavy atom. The van der Waals surface area contributed by atoms with Crippen molar-refractivity contribution in [3.8, 4) is 5.75 Å². The Hall–Kier alpha value is -2.24. The van der Waals surface area contributed by atoms with Crippen molar-refractivity contribution >= 4 is 28.9 Å². The van der Waals surface area contributed by atoms with E-state index in [1.165, 1.54) is 12.8 Å². The SMILES string of the molecule is CN(C)C1CCN(c2ccc(N3CCc4cc(OC5CCCC5)ccc4C3=O)cc2Cl)C1. The first-order chi connectivity index (χ1) is 15.5. The van der Waals surface area contributed by atoms with Gasteiger partial charge in [0.1, 0.15) is 5.75 Å². The number of nitrogens with zero attached hydrogens (tertiary/aromatic N) is 3. The third-order valence-electron chi connectivity index (χ3n) is 7.24. The molecule has 170 valence electrons. The van der Waals surface area contributed by atoms with E-state index in [0.29, 0.717) is 23.7 Å². The van der Waals surface area contributed by atoms with Gasteiger partial charge in [-0.2, -0.15) is 0 Å². The quantitative estimate of drug-likeness (QED) is 0.638. The molecular formula is C26H32ClN3O2. The van der Waals surface area contributed by atoms with Crippen molar-refractivity contribution < 1.29 is 9.53 Å². The highest BCUT2D eigenvalue weighted by Crippen LogP contribution is 2.35. The van der Waals surface area contributed by atoms with E-state index in [0.717, 1.165) is 67.0 Å². The zero-order valence-corrected chi connectivity index (χ0v) is 19.8. The van der Waals surface area contributed by atoms with Gasteiger partial charge in [0.05, 0.1) is 16.8 Å². The molecule has 5 nitrogen and oxygen atoms in total. The number of ether oxygens (including phenoxy) is 1. The van der Waals surface area contributed by atoms with Gasteiger partial charge in [-0.15, -0.1) is 0 Å². The fourth-order valence-corrected chi connectivity index (χ4v) is 5.58. The van der Waals surface area contributed by atoms with Crippen molar-refractivity contribution in [1.29, 1.82) is 0 Å². The molecule has 1 aliphatic carbocycles. The lowest BCUT2D eigenvalue weighted by atomic mass is 9.98. The van der Waals surface area contributed by atoms with Crippen LogP contribution in [0.2, 0.25) is 5.02 Å². The van der Waals surface area contributed by atoms with Crippen LogP contribution in [0.4, 0.5) is 11.4 Å². The highest BCUT2D eigenvalue weighted by atomic mass is 35.5. The van der Waals surface area contributed by atoms with Crippen molar-refractivity contribution in [1.82, 2.24) is 4.90 Å². The molecular weight excluding hydrogens is 422 g/mol. The topological polar surface area (TPSA) is 36.0 Å². The molecule has 3 aliphatic rings. The molecule has 0 spiro atoms. The Balaban J connectivity index is 1.31. The van der Waals surface area contributed by atoms with E-state index in [1.807, 2.05) is 29.2 Å². The molecule has 1 amide bonds. The van der Waals surface area contributed by atoms with Crippen molar-refractivity contribution in [2.45, 2.75) is 50.7 Å². The number of hydrogen-bond donors (Lipinski definition) is 0. The zero-order chi connectivity index (χ0) is 22.2. The fraction of sp³-hybridized carbons (Fsp3) is 0.500. The maximum absolute atomic E-state index is 13.3. The number of carbonyl (C=O) groups is 1. The van der Waals surface area contributed by atoms with E-state index in [4.69, 9.17) is 16.3 Å². The minimum atomic E-state index is 0.0383. The van der Waals surface area contributed by atoms with Crippen LogP contribution >= 0.6 is 11.6 Å². The van der Waals surface area contributed by atoms with E-state index < -0.39 is 0 Å². The summed E-state index contributed by atoms with van der Waals surface area (Å²) in [5.41, 5.74) is 3.77. The third-order valence-corrected chi connectivity index (χ3v) is 7.54. The van der Waals surface area contributed by atoms with Crippen molar-refractivity contribution in [3.05, 3.63) is 52.5 Å². The van der Waals surface area contributed by atoms with Crippen LogP contribution in [0.1, 0.15) is 48.0 Å². The highest BCUT2D eigenvalue weighted by molar-refractivity contribution is 6.33. The Bertz CT molecular complexity index is 1000. The molecule has 2 aliphatic heterocycles. The second-order valence-electron chi connectivity index (χ2n) is 9.54. The molecule has 0 N–H and O–H groups in total. The van der Waals surface area contributed by atoms with Crippen LogP contribution in [-0.2, 0) is 6.42 Å². The summed E-state index contributed by atoms with van der Waals surface area (Å²) in [6.07, 6.45) is 7.05. The minimum Gasteiger partial charge on any atom is -0.490 e. The first-order valence-electron chi connectivity index (χ1n) is 11.8. The standard InChI is InChI=1S/C26H32ClN3O2/c1-28(2)20-12-13-29(17-20)25-10-7-19(16-24(25)27)30-14-11-18-15-22(8-9-23(18)26(30)31)32-21-5-3-4-6-21/h7-10,15-16,20-21H,3-6,11-14,17H2,1-2H3. The molecule has 2 fully saturated rings. The number of hydrogen-bond acceptors (Lipinski definition) is 4. The molecule has 1 atom stereocenters. The summed E-state index contributed by atoms with van der Waals surface area (Å²) in [6, 6.07) is 12.5. The summed E-state index contributed by atoms with van der Waals surface area (Å²) in [5.74, 6) is 0.933. The highest BCUT2D eigenvalue weighted by Gasteiger charge is 2.29. The lowest BCUT2D eigenvalue weighted by Crippen LogP contribution is -2.37. The van der Waals surface area contributed by atoms with E-state index in [2.05, 4.69) is 36.0 Å². The van der Waals surface area contributed by atoms with E-state index in [1.54, 1.807) is 0 Å². The van der Waals surface area contributed by atoms with Gasteiger partial charge in [0, 0.05) is 36.9 Å². The van der Waals surface area contributed by atoms with Crippen molar-refractivity contribution in [3.63, 3.8) is 0 Å². The molecule has 0 bridgehead atoms. The summed E-state index contributed by atoms with van der Waals surface area (Å²) >= 11 is 6.70. The predicted octanol–water partition coefficient (Wildman–Crippen LogP) is 5.00. The van der Waals surface area contributed by atoms with Gasteiger partial charge < -0.3 is 19.4 Å². The third kappa shape index (κ3) is 4.20. The zero-order valence-electron chi connectivity index (χ0n) is 19.0. The largest absolute Gasteiger partial charge is 0.490 e. The van der Waals surface area contributed by atoms with Gasteiger partial charge >= 0.3 is 0 Å². The Morgan fingerprint density at radius 3 is 2.56 bits per heavy atom. The Labute approximate surface area is 195 Å². The van der Waals surface area contributed by atoms with Crippen LogP contribution in [0.5, 0.6) is 5.75 Å². The molecule has 1 unspecified atom stereocenters. The smallest absolute Gasteiger partial charge is 0.258 e. The first-order valence-corrected chi connectivity index (χ1v) is 12.2. The minimum absolute atomic E-state index is 0.0383. The van der Waals surface area contributed by atoms with Gasteiger partial charge in [0.15, 0.2) is 0 Å². The molecule has 6 heteroatoms. The second kappa shape index (κ2) is 8.95. The number of likely N-dealkylation sites (N-methyl/N-ethyl adjacent to an activating group) is 1. The maximum Gasteiger partial charge on any atom is 0.258 e. The lowest BCUT2D eigenvalue weighted by molar-refractivity contribution is 0.0980. The number of amides is 1. The summed E-state index contributed by atoms with van der Waals surface area (Å²) in [7, 11) is 4.25. The van der Waals surface area contributed by atoms with Crippen LogP contribution in [0, 0.1) is 0 Å². The fourth-order valence-electron chi connectivity index (χ4n) is 5.29. The molecule has 1 saturated carbocycles. The first kappa shape index (κ1) is 21.6. The molecule has 2 heterocycles. The van der Waals surface area contributed by atoms with Crippen molar-refractivity contribution in [2.24, 2.45) is 0 Å². The van der Waals surface area contributed by atoms with Crippen LogP contribution < -0.4 is 14.5 Å². The van der Waals surface area contributed by atoms with Crippen LogP contribution in [0.25, 0.3) is 0 Å². The Kier molecular flexibility index (Phi) is 6.04. The molecule has 0 radical (unpaired) electrons. The number of fused-ring (bicyclic) bond motifs is 1. The molecule has 0 aromatic heterocycles. The number of benzene rings is 2. The predicted molar refractivity (Wildman–Crippen MR) is 130 cm³/mol. The van der Waals surface area contributed by atoms with E-state index >= 15 is 0 Å². The van der Waals surface area contributed by atoms with Crippen LogP contribution in [-0.4, -0.2) is 56.7 Å². The van der Waals surface area contributed by atoms with Crippen LogP contribution in [0.15, 0.2) is 36.4 Å². The van der Waals surface area contributed by atoms with Crippen LogP contribution in [0.3, 0.4) is 0 Å². The Morgan fingerprint density at radius 2 is 1.84 bits per heavy atom.